The van der Waals surface area contributed by atoms with Crippen LogP contribution in [0.15, 0.2) is 46.6 Å². The molecule has 0 aromatic heterocycles. The summed E-state index contributed by atoms with van der Waals surface area (Å²) in [5.74, 6) is -4.67. The lowest BCUT2D eigenvalue weighted by Crippen LogP contribution is -2.40. The Kier molecular flexibility index (Phi) is 6.65. The number of rotatable bonds is 7. The first-order chi connectivity index (χ1) is 18.6. The Morgan fingerprint density at radius 3 is 2.33 bits per heavy atom. The number of phenols is 1. The maximum atomic E-state index is 13.6. The van der Waals surface area contributed by atoms with Gasteiger partial charge in [0.25, 0.3) is 0 Å². The smallest absolute Gasteiger partial charge is 0.303 e. The zero-order valence-corrected chi connectivity index (χ0v) is 21.9. The number of likely N-dealkylation sites (tertiary alicyclic amines) is 1. The number of fused-ring (bicyclic) bond motifs is 3. The SMILES string of the molecule is COc1cc(O)cc(OC)c1C1C2=CCC3C(=O)N(CCCC(=O)O)C(=O)C3C2CC2=C1C(=O)C(C)=CC2=O. The lowest BCUT2D eigenvalue weighted by atomic mass is 9.59. The van der Waals surface area contributed by atoms with Crippen molar-refractivity contribution >= 4 is 29.4 Å². The largest absolute Gasteiger partial charge is 0.508 e. The number of carboxylic acids is 1. The number of Topliss-reactive ketones (excluding diaryl/α,β-unsaturated/α-hetero) is 1. The summed E-state index contributed by atoms with van der Waals surface area (Å²) in [4.78, 5) is 65.9. The Labute approximate surface area is 224 Å². The van der Waals surface area contributed by atoms with Gasteiger partial charge in [-0.25, -0.2) is 0 Å². The van der Waals surface area contributed by atoms with Gasteiger partial charge in [-0.05, 0) is 38.2 Å². The van der Waals surface area contributed by atoms with Gasteiger partial charge in [-0.15, -0.1) is 0 Å². The quantitative estimate of drug-likeness (QED) is 0.305. The molecule has 2 amide bonds. The van der Waals surface area contributed by atoms with E-state index in [2.05, 4.69) is 0 Å². The van der Waals surface area contributed by atoms with Gasteiger partial charge in [-0.1, -0.05) is 11.6 Å². The number of aliphatic carboxylic acids is 1. The highest BCUT2D eigenvalue weighted by Gasteiger charge is 2.56. The minimum atomic E-state index is -1.01. The fourth-order valence-corrected chi connectivity index (χ4v) is 6.58. The summed E-state index contributed by atoms with van der Waals surface area (Å²) >= 11 is 0. The van der Waals surface area contributed by atoms with E-state index in [0.29, 0.717) is 22.3 Å². The Balaban J connectivity index is 1.65. The number of carbonyl (C=O) groups excluding carboxylic acids is 4. The van der Waals surface area contributed by atoms with Crippen LogP contribution in [0.4, 0.5) is 0 Å². The highest BCUT2D eigenvalue weighted by atomic mass is 16.5. The molecule has 3 aliphatic carbocycles. The van der Waals surface area contributed by atoms with Gasteiger partial charge in [0.1, 0.15) is 17.2 Å². The van der Waals surface area contributed by atoms with Crippen molar-refractivity contribution in [2.45, 2.75) is 38.5 Å². The van der Waals surface area contributed by atoms with Crippen LogP contribution in [0.1, 0.15) is 44.1 Å². The van der Waals surface area contributed by atoms with E-state index in [0.717, 1.165) is 10.5 Å². The summed E-state index contributed by atoms with van der Waals surface area (Å²) in [6.07, 6.45) is 3.55. The van der Waals surface area contributed by atoms with Crippen molar-refractivity contribution in [2.75, 3.05) is 20.8 Å². The van der Waals surface area contributed by atoms with Crippen molar-refractivity contribution in [3.05, 3.63) is 52.1 Å². The summed E-state index contributed by atoms with van der Waals surface area (Å²) in [7, 11) is 2.84. The van der Waals surface area contributed by atoms with Crippen molar-refractivity contribution in [1.82, 2.24) is 4.90 Å². The van der Waals surface area contributed by atoms with E-state index in [1.54, 1.807) is 6.92 Å². The van der Waals surface area contributed by atoms with E-state index in [-0.39, 0.29) is 72.9 Å². The third-order valence-electron chi connectivity index (χ3n) is 8.25. The van der Waals surface area contributed by atoms with Crippen LogP contribution in [0.25, 0.3) is 0 Å². The number of imide groups is 1. The maximum absolute atomic E-state index is 13.6. The van der Waals surface area contributed by atoms with Crippen LogP contribution in [-0.2, 0) is 24.0 Å². The number of nitrogens with zero attached hydrogens (tertiary/aromatic N) is 1. The first-order valence-electron chi connectivity index (χ1n) is 12.8. The van der Waals surface area contributed by atoms with Crippen molar-refractivity contribution in [3.63, 3.8) is 0 Å². The fraction of sp³-hybridized carbons (Fsp3) is 0.414. The zero-order valence-electron chi connectivity index (χ0n) is 21.9. The van der Waals surface area contributed by atoms with Crippen LogP contribution in [0.2, 0.25) is 0 Å². The number of allylic oxidation sites excluding steroid dienone is 6. The van der Waals surface area contributed by atoms with Crippen molar-refractivity contribution in [1.29, 1.82) is 0 Å². The minimum Gasteiger partial charge on any atom is -0.508 e. The van der Waals surface area contributed by atoms with Crippen LogP contribution < -0.4 is 9.47 Å². The third kappa shape index (κ3) is 4.14. The summed E-state index contributed by atoms with van der Waals surface area (Å²) in [5.41, 5.74) is 2.05. The number of benzene rings is 1. The van der Waals surface area contributed by atoms with Gasteiger partial charge in [-0.3, -0.25) is 28.9 Å². The second-order valence-electron chi connectivity index (χ2n) is 10.3. The number of methoxy groups -OCH3 is 2. The second-order valence-corrected chi connectivity index (χ2v) is 10.3. The van der Waals surface area contributed by atoms with E-state index in [9.17, 15) is 29.1 Å². The maximum Gasteiger partial charge on any atom is 0.303 e. The Morgan fingerprint density at radius 1 is 1.05 bits per heavy atom. The molecule has 0 spiro atoms. The number of aromatic hydroxyl groups is 1. The van der Waals surface area contributed by atoms with Crippen molar-refractivity contribution in [2.24, 2.45) is 17.8 Å². The standard InChI is InChI=1S/C29H29NO9/c1-13-9-19(32)18-12-17-15(6-7-16-23(17)29(37)30(28(16)36)8-4-5-22(33)34)24(25(18)27(13)35)26-20(38-2)10-14(31)11-21(26)39-3/h6,9-11,16-17,23-24,31H,4-5,7-8,12H2,1-3H3,(H,33,34). The molecule has 0 saturated carbocycles. The normalized spacial score (nSPS) is 26.1. The number of carboxylic acid groups (broad SMARTS) is 1. The summed E-state index contributed by atoms with van der Waals surface area (Å²) in [6.45, 7) is 1.59. The molecular formula is C29H29NO9. The van der Waals surface area contributed by atoms with E-state index < -0.39 is 29.6 Å². The minimum absolute atomic E-state index is 0.00928. The van der Waals surface area contributed by atoms with Gasteiger partial charge in [0.15, 0.2) is 11.6 Å². The molecule has 1 fully saturated rings. The molecule has 1 saturated heterocycles. The molecule has 5 rings (SSSR count). The fourth-order valence-electron chi connectivity index (χ4n) is 6.58. The molecule has 4 unspecified atom stereocenters. The van der Waals surface area contributed by atoms with E-state index in [4.69, 9.17) is 14.6 Å². The van der Waals surface area contributed by atoms with Crippen LogP contribution in [-0.4, -0.2) is 65.2 Å². The van der Waals surface area contributed by atoms with Gasteiger partial charge >= 0.3 is 5.97 Å². The van der Waals surface area contributed by atoms with Gasteiger partial charge in [0.2, 0.25) is 11.8 Å². The van der Waals surface area contributed by atoms with E-state index in [1.807, 2.05) is 6.08 Å². The molecule has 39 heavy (non-hydrogen) atoms. The molecule has 2 N–H and O–H groups in total. The molecule has 1 aliphatic heterocycles. The Hall–Kier alpha value is -4.21. The second kappa shape index (κ2) is 9.83. The molecule has 4 atom stereocenters. The number of hydrogen-bond acceptors (Lipinski definition) is 8. The van der Waals surface area contributed by atoms with Gasteiger partial charge < -0.3 is 19.7 Å². The molecular weight excluding hydrogens is 506 g/mol. The molecule has 1 aromatic carbocycles. The number of ketones is 2. The molecule has 0 radical (unpaired) electrons. The first kappa shape index (κ1) is 26.4. The molecule has 10 nitrogen and oxygen atoms in total. The number of amides is 2. The van der Waals surface area contributed by atoms with E-state index in [1.165, 1.54) is 32.4 Å². The summed E-state index contributed by atoms with van der Waals surface area (Å²) in [6, 6.07) is 2.81. The summed E-state index contributed by atoms with van der Waals surface area (Å²) in [5, 5.41) is 19.3. The van der Waals surface area contributed by atoms with Crippen LogP contribution in [0.5, 0.6) is 17.2 Å². The lowest BCUT2D eigenvalue weighted by molar-refractivity contribution is -0.142. The van der Waals surface area contributed by atoms with Gasteiger partial charge in [0.05, 0.1) is 26.1 Å². The molecule has 1 heterocycles. The third-order valence-corrected chi connectivity index (χ3v) is 8.25. The highest BCUT2D eigenvalue weighted by Crippen LogP contribution is 2.57. The predicted molar refractivity (Wildman–Crippen MR) is 136 cm³/mol. The van der Waals surface area contributed by atoms with Crippen LogP contribution in [0, 0.1) is 17.8 Å². The topological polar surface area (TPSA) is 148 Å². The van der Waals surface area contributed by atoms with Crippen LogP contribution in [0.3, 0.4) is 0 Å². The molecule has 1 aromatic rings. The number of carbonyl (C=O) groups is 5. The molecule has 204 valence electrons. The lowest BCUT2D eigenvalue weighted by Gasteiger charge is -2.42. The van der Waals surface area contributed by atoms with Crippen LogP contribution >= 0.6 is 0 Å². The van der Waals surface area contributed by atoms with E-state index >= 15 is 0 Å². The summed E-state index contributed by atoms with van der Waals surface area (Å²) < 4.78 is 11.2. The van der Waals surface area contributed by atoms with Crippen molar-refractivity contribution in [3.8, 4) is 17.2 Å². The molecule has 4 aliphatic rings. The first-order valence-corrected chi connectivity index (χ1v) is 12.8. The number of hydrogen-bond donors (Lipinski definition) is 2. The van der Waals surface area contributed by atoms with Gasteiger partial charge in [-0.2, -0.15) is 0 Å². The number of ether oxygens (including phenoxy) is 2. The Morgan fingerprint density at radius 2 is 1.72 bits per heavy atom. The zero-order chi connectivity index (χ0) is 28.2. The average molecular weight is 536 g/mol. The van der Waals surface area contributed by atoms with Crippen molar-refractivity contribution < 1.29 is 43.7 Å². The Bertz CT molecular complexity index is 1390. The highest BCUT2D eigenvalue weighted by molar-refractivity contribution is 6.24. The molecule has 10 heteroatoms. The monoisotopic (exact) mass is 535 g/mol. The number of phenolic OH excluding ortho intramolecular Hbond substituents is 1. The molecule has 0 bridgehead atoms. The average Bonchev–Trinajstić information content (AvgIpc) is 3.15. The van der Waals surface area contributed by atoms with Gasteiger partial charge in [0, 0.05) is 53.3 Å². The predicted octanol–water partition coefficient (Wildman–Crippen LogP) is 2.70.